The molecule has 2 rings (SSSR count). The topological polar surface area (TPSA) is 79.0 Å². The number of ether oxygens (including phenoxy) is 1. The third kappa shape index (κ3) is 6.28. The highest BCUT2D eigenvalue weighted by atomic mass is 35.5. The number of methoxy groups -OCH3 is 1. The lowest BCUT2D eigenvalue weighted by atomic mass is 10.0. The first-order valence-electron chi connectivity index (χ1n) is 7.55. The van der Waals surface area contributed by atoms with Crippen molar-refractivity contribution in [3.05, 3.63) is 30.1 Å². The van der Waals surface area contributed by atoms with E-state index < -0.39 is 0 Å². The average Bonchev–Trinajstić information content (AvgIpc) is 2.92. The van der Waals surface area contributed by atoms with Crippen molar-refractivity contribution in [1.29, 1.82) is 0 Å². The number of fused-ring (bicyclic) bond motifs is 1. The van der Waals surface area contributed by atoms with Gasteiger partial charge < -0.3 is 20.4 Å². The van der Waals surface area contributed by atoms with Gasteiger partial charge in [-0.05, 0) is 18.1 Å². The quantitative estimate of drug-likeness (QED) is 0.618. The number of amides is 1. The fourth-order valence-electron chi connectivity index (χ4n) is 2.27. The number of carbonyl (C=O) groups is 1. The van der Waals surface area contributed by atoms with Crippen LogP contribution in [0.15, 0.2) is 24.3 Å². The molecular formula is C16H26Cl2N4O2. The first-order chi connectivity index (χ1) is 10.6. The SMILES string of the molecule is COCCNCC(=O)NC(c1nc2ccccc2[nH]1)C(C)C.Cl.Cl. The lowest BCUT2D eigenvalue weighted by Crippen LogP contribution is -2.39. The number of hydrogen-bond donors (Lipinski definition) is 3. The maximum Gasteiger partial charge on any atom is 0.234 e. The number of benzene rings is 1. The Hall–Kier alpha value is -1.34. The number of hydrogen-bond acceptors (Lipinski definition) is 4. The van der Waals surface area contributed by atoms with E-state index in [9.17, 15) is 4.79 Å². The minimum absolute atomic E-state index is 0. The van der Waals surface area contributed by atoms with Crippen LogP contribution in [0.1, 0.15) is 25.7 Å². The molecule has 24 heavy (non-hydrogen) atoms. The number of para-hydroxylation sites is 2. The largest absolute Gasteiger partial charge is 0.383 e. The maximum atomic E-state index is 12.1. The van der Waals surface area contributed by atoms with Gasteiger partial charge in [0.25, 0.3) is 0 Å². The second kappa shape index (κ2) is 11.3. The number of halogens is 2. The molecule has 1 aromatic heterocycles. The molecule has 1 unspecified atom stereocenters. The molecule has 2 aromatic rings. The van der Waals surface area contributed by atoms with Crippen molar-refractivity contribution < 1.29 is 9.53 Å². The van der Waals surface area contributed by atoms with Gasteiger partial charge >= 0.3 is 0 Å². The number of aromatic amines is 1. The Morgan fingerprint density at radius 2 is 2.00 bits per heavy atom. The maximum absolute atomic E-state index is 12.1. The number of rotatable bonds is 8. The zero-order valence-electron chi connectivity index (χ0n) is 14.2. The molecular weight excluding hydrogens is 351 g/mol. The van der Waals surface area contributed by atoms with Crippen molar-refractivity contribution in [3.63, 3.8) is 0 Å². The van der Waals surface area contributed by atoms with Gasteiger partial charge in [0.2, 0.25) is 5.91 Å². The fourth-order valence-corrected chi connectivity index (χ4v) is 2.27. The molecule has 0 fully saturated rings. The van der Waals surface area contributed by atoms with Crippen LogP contribution in [0.2, 0.25) is 0 Å². The van der Waals surface area contributed by atoms with Crippen molar-refractivity contribution in [3.8, 4) is 0 Å². The number of nitrogens with one attached hydrogen (secondary N) is 3. The molecule has 3 N–H and O–H groups in total. The van der Waals surface area contributed by atoms with Crippen LogP contribution in [0.4, 0.5) is 0 Å². The molecule has 0 saturated heterocycles. The van der Waals surface area contributed by atoms with Gasteiger partial charge in [0, 0.05) is 13.7 Å². The Morgan fingerprint density at radius 1 is 1.29 bits per heavy atom. The van der Waals surface area contributed by atoms with E-state index in [-0.39, 0.29) is 49.2 Å². The second-order valence-corrected chi connectivity index (χ2v) is 5.60. The Bertz CT molecular complexity index is 586. The molecule has 1 amide bonds. The summed E-state index contributed by atoms with van der Waals surface area (Å²) in [5.74, 6) is 0.986. The Kier molecular flexibility index (Phi) is 10.6. The van der Waals surface area contributed by atoms with Crippen molar-refractivity contribution in [2.24, 2.45) is 5.92 Å². The molecule has 0 radical (unpaired) electrons. The van der Waals surface area contributed by atoms with E-state index in [1.807, 2.05) is 24.3 Å². The molecule has 136 valence electrons. The number of aromatic nitrogens is 2. The molecule has 0 aliphatic rings. The predicted molar refractivity (Wildman–Crippen MR) is 101 cm³/mol. The summed E-state index contributed by atoms with van der Waals surface area (Å²) in [7, 11) is 1.64. The van der Waals surface area contributed by atoms with E-state index in [1.165, 1.54) is 0 Å². The Balaban J connectivity index is 0.00000264. The van der Waals surface area contributed by atoms with Gasteiger partial charge in [-0.2, -0.15) is 0 Å². The molecule has 0 aliphatic heterocycles. The summed E-state index contributed by atoms with van der Waals surface area (Å²) in [6.07, 6.45) is 0. The third-order valence-corrected chi connectivity index (χ3v) is 3.45. The van der Waals surface area contributed by atoms with Crippen molar-refractivity contribution >= 4 is 41.8 Å². The highest BCUT2D eigenvalue weighted by Gasteiger charge is 2.21. The summed E-state index contributed by atoms with van der Waals surface area (Å²) >= 11 is 0. The van der Waals surface area contributed by atoms with Crippen LogP contribution in [0, 0.1) is 5.92 Å². The van der Waals surface area contributed by atoms with E-state index in [0.29, 0.717) is 13.2 Å². The first kappa shape index (κ1) is 22.7. The van der Waals surface area contributed by atoms with E-state index in [2.05, 4.69) is 34.4 Å². The monoisotopic (exact) mass is 376 g/mol. The molecule has 0 saturated carbocycles. The Labute approximate surface area is 155 Å². The minimum Gasteiger partial charge on any atom is -0.383 e. The molecule has 8 heteroatoms. The van der Waals surface area contributed by atoms with Crippen LogP contribution in [-0.4, -0.2) is 42.7 Å². The van der Waals surface area contributed by atoms with E-state index in [0.717, 1.165) is 16.9 Å². The predicted octanol–water partition coefficient (Wildman–Crippen LogP) is 2.46. The zero-order valence-corrected chi connectivity index (χ0v) is 15.8. The second-order valence-electron chi connectivity index (χ2n) is 5.60. The summed E-state index contributed by atoms with van der Waals surface area (Å²) in [4.78, 5) is 19.9. The number of carbonyl (C=O) groups excluding carboxylic acids is 1. The number of imidazole rings is 1. The van der Waals surface area contributed by atoms with E-state index >= 15 is 0 Å². The Morgan fingerprint density at radius 3 is 2.62 bits per heavy atom. The highest BCUT2D eigenvalue weighted by Crippen LogP contribution is 2.21. The van der Waals surface area contributed by atoms with Crippen LogP contribution in [0.3, 0.4) is 0 Å². The van der Waals surface area contributed by atoms with Crippen molar-refractivity contribution in [2.45, 2.75) is 19.9 Å². The fraction of sp³-hybridized carbons (Fsp3) is 0.500. The van der Waals surface area contributed by atoms with Gasteiger partial charge in [0.1, 0.15) is 5.82 Å². The zero-order chi connectivity index (χ0) is 15.9. The van der Waals surface area contributed by atoms with Gasteiger partial charge in [-0.15, -0.1) is 24.8 Å². The molecule has 6 nitrogen and oxygen atoms in total. The summed E-state index contributed by atoms with van der Waals surface area (Å²) in [6, 6.07) is 7.73. The van der Waals surface area contributed by atoms with Gasteiger partial charge in [0.05, 0.1) is 30.2 Å². The molecule has 1 heterocycles. The first-order valence-corrected chi connectivity index (χ1v) is 7.55. The normalized spacial score (nSPS) is 11.7. The van der Waals surface area contributed by atoms with Gasteiger partial charge in [0.15, 0.2) is 0 Å². The average molecular weight is 377 g/mol. The smallest absolute Gasteiger partial charge is 0.234 e. The highest BCUT2D eigenvalue weighted by molar-refractivity contribution is 5.85. The molecule has 0 aliphatic carbocycles. The summed E-state index contributed by atoms with van der Waals surface area (Å²) < 4.78 is 4.94. The minimum atomic E-state index is -0.135. The number of nitrogens with zero attached hydrogens (tertiary/aromatic N) is 1. The summed E-state index contributed by atoms with van der Waals surface area (Å²) in [6.45, 7) is 5.64. The molecule has 0 spiro atoms. The van der Waals surface area contributed by atoms with Crippen LogP contribution in [0.5, 0.6) is 0 Å². The van der Waals surface area contributed by atoms with Gasteiger partial charge in [-0.25, -0.2) is 4.98 Å². The van der Waals surface area contributed by atoms with Gasteiger partial charge in [-0.3, -0.25) is 4.79 Å². The van der Waals surface area contributed by atoms with Crippen LogP contribution in [-0.2, 0) is 9.53 Å². The van der Waals surface area contributed by atoms with E-state index in [4.69, 9.17) is 4.74 Å². The third-order valence-electron chi connectivity index (χ3n) is 3.45. The summed E-state index contributed by atoms with van der Waals surface area (Å²) in [5.41, 5.74) is 1.89. The van der Waals surface area contributed by atoms with Crippen molar-refractivity contribution in [1.82, 2.24) is 20.6 Å². The molecule has 0 bridgehead atoms. The van der Waals surface area contributed by atoms with E-state index in [1.54, 1.807) is 7.11 Å². The van der Waals surface area contributed by atoms with Gasteiger partial charge in [-0.1, -0.05) is 26.0 Å². The summed E-state index contributed by atoms with van der Waals surface area (Å²) in [5, 5.41) is 6.08. The lowest BCUT2D eigenvalue weighted by molar-refractivity contribution is -0.121. The van der Waals surface area contributed by atoms with Crippen LogP contribution >= 0.6 is 24.8 Å². The van der Waals surface area contributed by atoms with Crippen LogP contribution in [0.25, 0.3) is 11.0 Å². The standard InChI is InChI=1S/C16H24N4O2.2ClH/c1-11(2)15(20-14(21)10-17-8-9-22-3)16-18-12-6-4-5-7-13(12)19-16;;/h4-7,11,15,17H,8-10H2,1-3H3,(H,18,19)(H,20,21);2*1H. The lowest BCUT2D eigenvalue weighted by Gasteiger charge is -2.20. The number of H-pyrrole nitrogens is 1. The molecule has 1 aromatic carbocycles. The molecule has 1 atom stereocenters. The van der Waals surface area contributed by atoms with Crippen LogP contribution < -0.4 is 10.6 Å². The van der Waals surface area contributed by atoms with Crippen molar-refractivity contribution in [2.75, 3.05) is 26.8 Å².